The number of nitrogens with one attached hydrogen (secondary N) is 1. The summed E-state index contributed by atoms with van der Waals surface area (Å²) in [6.45, 7) is -0.167. The van der Waals surface area contributed by atoms with Crippen LogP contribution in [0, 0.1) is 17.5 Å². The lowest BCUT2D eigenvalue weighted by Crippen LogP contribution is -2.29. The molecule has 1 N–H and O–H groups in total. The number of nitrogens with zero attached hydrogens (tertiary/aromatic N) is 3. The van der Waals surface area contributed by atoms with Crippen LogP contribution in [0.3, 0.4) is 0 Å². The Labute approximate surface area is 164 Å². The van der Waals surface area contributed by atoms with E-state index < -0.39 is 40.7 Å². The van der Waals surface area contributed by atoms with E-state index in [2.05, 4.69) is 15.5 Å². The number of hydrogen-bond donors (Lipinski definition) is 1. The summed E-state index contributed by atoms with van der Waals surface area (Å²) in [5.74, 6) is -6.81. The second kappa shape index (κ2) is 7.09. The Morgan fingerprint density at radius 3 is 2.28 bits per heavy atom. The molecule has 1 aromatic heterocycles. The average Bonchev–Trinajstić information content (AvgIpc) is 3.24. The average molecular weight is 418 g/mol. The molecule has 4 rings (SSSR count). The van der Waals surface area contributed by atoms with Gasteiger partial charge in [-0.25, -0.2) is 13.2 Å². The van der Waals surface area contributed by atoms with E-state index in [0.29, 0.717) is 6.07 Å². The molecule has 0 fully saturated rings. The SMILES string of the molecule is O=C(Nc1nnc(CN2C(=O)c3ccccc3C2=O)s1)c1ccc(F)c(F)c1F. The first-order valence-electron chi connectivity index (χ1n) is 8.09. The van der Waals surface area contributed by atoms with Crippen molar-refractivity contribution in [1.82, 2.24) is 15.1 Å². The number of halogens is 3. The molecule has 0 saturated carbocycles. The van der Waals surface area contributed by atoms with E-state index in [0.717, 1.165) is 22.3 Å². The zero-order valence-electron chi connectivity index (χ0n) is 14.3. The second-order valence-electron chi connectivity index (χ2n) is 5.92. The Hall–Kier alpha value is -3.60. The van der Waals surface area contributed by atoms with Crippen LogP contribution in [0.2, 0.25) is 0 Å². The van der Waals surface area contributed by atoms with Gasteiger partial charge in [0.25, 0.3) is 17.7 Å². The van der Waals surface area contributed by atoms with Crippen LogP contribution in [0.15, 0.2) is 36.4 Å². The molecule has 0 saturated heterocycles. The minimum absolute atomic E-state index is 0.0641. The molecule has 2 heterocycles. The van der Waals surface area contributed by atoms with Gasteiger partial charge in [-0.15, -0.1) is 10.2 Å². The van der Waals surface area contributed by atoms with Crippen molar-refractivity contribution in [3.63, 3.8) is 0 Å². The van der Waals surface area contributed by atoms with Gasteiger partial charge in [-0.3, -0.25) is 24.6 Å². The highest BCUT2D eigenvalue weighted by Gasteiger charge is 2.35. The van der Waals surface area contributed by atoms with E-state index in [1.807, 2.05) is 0 Å². The van der Waals surface area contributed by atoms with E-state index in [-0.39, 0.29) is 27.8 Å². The molecule has 0 aliphatic carbocycles. The van der Waals surface area contributed by atoms with Crippen LogP contribution in [-0.4, -0.2) is 32.8 Å². The molecular formula is C18H9F3N4O3S. The molecule has 1 aliphatic rings. The number of carbonyl (C=O) groups excluding carboxylic acids is 3. The lowest BCUT2D eigenvalue weighted by Gasteiger charge is -2.10. The zero-order chi connectivity index (χ0) is 20.7. The second-order valence-corrected chi connectivity index (χ2v) is 6.98. The molecule has 0 radical (unpaired) electrons. The van der Waals surface area contributed by atoms with Crippen molar-refractivity contribution < 1.29 is 27.6 Å². The molecule has 3 amide bonds. The van der Waals surface area contributed by atoms with Gasteiger partial charge in [0.1, 0.15) is 5.01 Å². The maximum atomic E-state index is 13.7. The number of aromatic nitrogens is 2. The van der Waals surface area contributed by atoms with Crippen LogP contribution in [0.4, 0.5) is 18.3 Å². The summed E-state index contributed by atoms with van der Waals surface area (Å²) in [6.07, 6.45) is 0. The molecule has 2 aromatic carbocycles. The van der Waals surface area contributed by atoms with Crippen molar-refractivity contribution in [3.8, 4) is 0 Å². The van der Waals surface area contributed by atoms with E-state index in [4.69, 9.17) is 0 Å². The Morgan fingerprint density at radius 1 is 0.966 bits per heavy atom. The maximum absolute atomic E-state index is 13.7. The molecule has 0 spiro atoms. The van der Waals surface area contributed by atoms with Gasteiger partial charge in [-0.2, -0.15) is 0 Å². The van der Waals surface area contributed by atoms with Gasteiger partial charge in [-0.1, -0.05) is 23.5 Å². The lowest BCUT2D eigenvalue weighted by molar-refractivity contribution is 0.0641. The topological polar surface area (TPSA) is 92.3 Å². The molecule has 1 aliphatic heterocycles. The van der Waals surface area contributed by atoms with Crippen LogP contribution in [0.25, 0.3) is 0 Å². The van der Waals surface area contributed by atoms with Crippen molar-refractivity contribution in [3.05, 3.63) is 75.5 Å². The minimum atomic E-state index is -1.76. The van der Waals surface area contributed by atoms with E-state index in [9.17, 15) is 27.6 Å². The van der Waals surface area contributed by atoms with Gasteiger partial charge in [0.15, 0.2) is 17.5 Å². The van der Waals surface area contributed by atoms with E-state index in [1.54, 1.807) is 12.1 Å². The molecule has 0 unspecified atom stereocenters. The molecule has 3 aromatic rings. The fourth-order valence-corrected chi connectivity index (χ4v) is 3.48. The first-order valence-corrected chi connectivity index (χ1v) is 8.91. The summed E-state index contributed by atoms with van der Waals surface area (Å²) in [5, 5.41) is 9.87. The Bertz CT molecular complexity index is 1150. The predicted molar refractivity (Wildman–Crippen MR) is 94.8 cm³/mol. The van der Waals surface area contributed by atoms with Gasteiger partial charge in [0, 0.05) is 0 Å². The summed E-state index contributed by atoms with van der Waals surface area (Å²) in [7, 11) is 0. The van der Waals surface area contributed by atoms with Crippen molar-refractivity contribution in [2.45, 2.75) is 6.54 Å². The summed E-state index contributed by atoms with van der Waals surface area (Å²) < 4.78 is 40.0. The van der Waals surface area contributed by atoms with E-state index in [1.165, 1.54) is 12.1 Å². The zero-order valence-corrected chi connectivity index (χ0v) is 15.1. The van der Waals surface area contributed by atoms with Crippen molar-refractivity contribution in [1.29, 1.82) is 0 Å². The van der Waals surface area contributed by atoms with Gasteiger partial charge in [0.2, 0.25) is 5.13 Å². The maximum Gasteiger partial charge on any atom is 0.261 e. The molecule has 0 bridgehead atoms. The fraction of sp³-hybridized carbons (Fsp3) is 0.0556. The van der Waals surface area contributed by atoms with Gasteiger partial charge < -0.3 is 0 Å². The summed E-state index contributed by atoms with van der Waals surface area (Å²) in [6, 6.07) is 7.79. The molecule has 0 atom stereocenters. The third-order valence-corrected chi connectivity index (χ3v) is 4.96. The smallest absolute Gasteiger partial charge is 0.261 e. The van der Waals surface area contributed by atoms with Crippen molar-refractivity contribution >= 4 is 34.2 Å². The van der Waals surface area contributed by atoms with Crippen LogP contribution in [0.1, 0.15) is 36.1 Å². The molecule has 146 valence electrons. The monoisotopic (exact) mass is 418 g/mol. The fourth-order valence-electron chi connectivity index (χ4n) is 2.75. The number of carbonyl (C=O) groups is 3. The summed E-state index contributed by atoms with van der Waals surface area (Å²) in [5.41, 5.74) is -0.144. The van der Waals surface area contributed by atoms with Crippen LogP contribution in [-0.2, 0) is 6.54 Å². The van der Waals surface area contributed by atoms with Crippen LogP contribution < -0.4 is 5.32 Å². The molecule has 7 nitrogen and oxygen atoms in total. The Balaban J connectivity index is 1.49. The molecule has 11 heteroatoms. The number of imide groups is 1. The Kier molecular flexibility index (Phi) is 4.59. The normalized spacial score (nSPS) is 13.0. The van der Waals surface area contributed by atoms with Gasteiger partial charge >= 0.3 is 0 Å². The highest BCUT2D eigenvalue weighted by molar-refractivity contribution is 7.15. The Morgan fingerprint density at radius 2 is 1.62 bits per heavy atom. The third kappa shape index (κ3) is 3.25. The minimum Gasteiger partial charge on any atom is -0.296 e. The predicted octanol–water partition coefficient (Wildman–Crippen LogP) is 3.00. The number of amides is 3. The summed E-state index contributed by atoms with van der Waals surface area (Å²) in [4.78, 5) is 37.8. The van der Waals surface area contributed by atoms with Crippen molar-refractivity contribution in [2.75, 3.05) is 5.32 Å². The summed E-state index contributed by atoms with van der Waals surface area (Å²) >= 11 is 0.848. The quantitative estimate of drug-likeness (QED) is 0.520. The van der Waals surface area contributed by atoms with Crippen molar-refractivity contribution in [2.24, 2.45) is 0 Å². The number of rotatable bonds is 4. The third-order valence-electron chi connectivity index (χ3n) is 4.14. The highest BCUT2D eigenvalue weighted by Crippen LogP contribution is 2.26. The number of fused-ring (bicyclic) bond motifs is 1. The van der Waals surface area contributed by atoms with Gasteiger partial charge in [-0.05, 0) is 24.3 Å². The first kappa shape index (κ1) is 18.7. The largest absolute Gasteiger partial charge is 0.296 e. The lowest BCUT2D eigenvalue weighted by atomic mass is 10.1. The van der Waals surface area contributed by atoms with Crippen LogP contribution in [0.5, 0.6) is 0 Å². The first-order chi connectivity index (χ1) is 13.9. The number of anilines is 1. The standard InChI is InChI=1S/C18H9F3N4O3S/c19-11-6-5-10(13(20)14(11)21)15(26)22-18-24-23-12(29-18)7-25-16(27)8-3-1-2-4-9(8)17(25)28/h1-6H,7H2,(H,22,24,26). The molecular weight excluding hydrogens is 409 g/mol. The molecule has 29 heavy (non-hydrogen) atoms. The van der Waals surface area contributed by atoms with Crippen LogP contribution >= 0.6 is 11.3 Å². The number of hydrogen-bond acceptors (Lipinski definition) is 6. The van der Waals surface area contributed by atoms with E-state index >= 15 is 0 Å². The van der Waals surface area contributed by atoms with Gasteiger partial charge in [0.05, 0.1) is 23.2 Å². The number of benzene rings is 2. The highest BCUT2D eigenvalue weighted by atomic mass is 32.1.